The minimum absolute atomic E-state index is 0. The van der Waals surface area contributed by atoms with Gasteiger partial charge in [0.25, 0.3) is 0 Å². The highest BCUT2D eigenvalue weighted by Crippen LogP contribution is 2.43. The number of carbonyl (C=O) groups is 1. The monoisotopic (exact) mass is 606 g/mol. The fraction of sp³-hybridized carbons (Fsp3) is 0.333. The largest absolute Gasteiger partial charge is 0.478 e. The number of anilines is 1. The molecule has 0 atom stereocenters. The number of fused-ring (bicyclic) bond motifs is 1. The van der Waals surface area contributed by atoms with E-state index in [4.69, 9.17) is 16.3 Å². The third kappa shape index (κ3) is 6.59. The number of carboxylic acid groups (broad SMARTS) is 1. The molecule has 0 saturated carbocycles. The molecular formula is C33H36Cl2N4O3. The quantitative estimate of drug-likeness (QED) is 0.222. The summed E-state index contributed by atoms with van der Waals surface area (Å²) >= 11 is 6.18. The fourth-order valence-corrected chi connectivity index (χ4v) is 6.10. The second kappa shape index (κ2) is 12.4. The molecule has 3 heterocycles. The summed E-state index contributed by atoms with van der Waals surface area (Å²) in [5.41, 5.74) is 6.43. The van der Waals surface area contributed by atoms with Crippen molar-refractivity contribution in [2.75, 3.05) is 37.6 Å². The number of aromatic nitrogens is 2. The molecule has 0 spiro atoms. The summed E-state index contributed by atoms with van der Waals surface area (Å²) in [6.45, 7) is 9.29. The highest BCUT2D eigenvalue weighted by molar-refractivity contribution is 6.30. The summed E-state index contributed by atoms with van der Waals surface area (Å²) < 4.78 is 6.07. The van der Waals surface area contributed by atoms with E-state index < -0.39 is 5.97 Å². The number of allylic oxidation sites excluding steroid dienone is 1. The van der Waals surface area contributed by atoms with Crippen molar-refractivity contribution in [2.45, 2.75) is 33.1 Å². The molecule has 2 aromatic heterocycles. The first-order valence-corrected chi connectivity index (χ1v) is 14.5. The lowest BCUT2D eigenvalue weighted by Crippen LogP contribution is -2.47. The Labute approximate surface area is 257 Å². The Morgan fingerprint density at radius 3 is 2.57 bits per heavy atom. The van der Waals surface area contributed by atoms with Gasteiger partial charge in [-0.1, -0.05) is 43.2 Å². The highest BCUT2D eigenvalue weighted by Gasteiger charge is 2.29. The van der Waals surface area contributed by atoms with Gasteiger partial charge < -0.3 is 19.7 Å². The van der Waals surface area contributed by atoms with Crippen LogP contribution < -0.4 is 9.64 Å². The number of benzene rings is 2. The first kappa shape index (κ1) is 30.0. The Morgan fingerprint density at radius 2 is 1.83 bits per heavy atom. The van der Waals surface area contributed by atoms with Gasteiger partial charge in [-0.2, -0.15) is 0 Å². The SMILES string of the molecule is CC1(C)CCC(CN2CCN(c3ccc(C(=O)O)c(Oc4cnc5[nH]ccc5c4)c3)CC2)=C(c2ccc(Cl)cc2)C1.Cl. The minimum Gasteiger partial charge on any atom is -0.478 e. The van der Waals surface area contributed by atoms with Gasteiger partial charge in [0.1, 0.15) is 22.7 Å². The van der Waals surface area contributed by atoms with E-state index in [2.05, 4.69) is 45.7 Å². The molecular weight excluding hydrogens is 571 g/mol. The normalized spacial score (nSPS) is 17.3. The summed E-state index contributed by atoms with van der Waals surface area (Å²) in [6, 6.07) is 17.4. The summed E-state index contributed by atoms with van der Waals surface area (Å²) in [4.78, 5) is 24.2. The van der Waals surface area contributed by atoms with Crippen LogP contribution in [0.25, 0.3) is 16.6 Å². The van der Waals surface area contributed by atoms with Crippen LogP contribution in [0.2, 0.25) is 5.02 Å². The van der Waals surface area contributed by atoms with Crippen LogP contribution in [0.4, 0.5) is 5.69 Å². The van der Waals surface area contributed by atoms with Gasteiger partial charge in [-0.05, 0) is 72.2 Å². The molecule has 1 aliphatic heterocycles. The summed E-state index contributed by atoms with van der Waals surface area (Å²) in [6.07, 6.45) is 6.81. The lowest BCUT2D eigenvalue weighted by Gasteiger charge is -2.39. The number of halogens is 2. The zero-order valence-electron chi connectivity index (χ0n) is 23.9. The van der Waals surface area contributed by atoms with E-state index in [-0.39, 0.29) is 18.0 Å². The van der Waals surface area contributed by atoms with Crippen LogP contribution >= 0.6 is 24.0 Å². The Balaban J connectivity index is 0.00000353. The van der Waals surface area contributed by atoms with Gasteiger partial charge >= 0.3 is 5.97 Å². The molecule has 2 aromatic carbocycles. The van der Waals surface area contributed by atoms with Crippen LogP contribution in [-0.2, 0) is 0 Å². The van der Waals surface area contributed by atoms with E-state index in [1.807, 2.05) is 42.6 Å². The lowest BCUT2D eigenvalue weighted by atomic mass is 9.72. The molecule has 220 valence electrons. The molecule has 0 bridgehead atoms. The standard InChI is InChI=1S/C33H35ClN4O3.ClH/c1-33(2)11-9-24(29(19-33)22-3-5-25(34)6-4-22)21-37-13-15-38(16-14-37)26-7-8-28(32(39)40)30(18-26)41-27-17-23-10-12-35-31(23)36-20-27;/h3-8,10,12,17-18,20H,9,11,13-16,19,21H2,1-2H3,(H,35,36)(H,39,40);1H. The average Bonchev–Trinajstić information content (AvgIpc) is 3.43. The predicted molar refractivity (Wildman–Crippen MR) is 171 cm³/mol. The van der Waals surface area contributed by atoms with Crippen LogP contribution in [0.3, 0.4) is 0 Å². The Kier molecular flexibility index (Phi) is 8.83. The van der Waals surface area contributed by atoms with E-state index in [1.165, 1.54) is 23.1 Å². The number of pyridine rings is 1. The topological polar surface area (TPSA) is 81.7 Å². The molecule has 0 amide bonds. The molecule has 9 heteroatoms. The Bertz CT molecular complexity index is 1610. The molecule has 1 fully saturated rings. The maximum absolute atomic E-state index is 12.0. The molecule has 2 N–H and O–H groups in total. The number of piperazine rings is 1. The van der Waals surface area contributed by atoms with E-state index in [0.717, 1.165) is 67.3 Å². The molecule has 6 rings (SSSR count). The van der Waals surface area contributed by atoms with Crippen LogP contribution in [0.1, 0.15) is 49.0 Å². The van der Waals surface area contributed by atoms with Crippen molar-refractivity contribution in [3.63, 3.8) is 0 Å². The van der Waals surface area contributed by atoms with E-state index >= 15 is 0 Å². The van der Waals surface area contributed by atoms with Gasteiger partial charge in [0, 0.05) is 61.1 Å². The number of aromatic carboxylic acids is 1. The lowest BCUT2D eigenvalue weighted by molar-refractivity contribution is 0.0694. The zero-order valence-corrected chi connectivity index (χ0v) is 25.5. The van der Waals surface area contributed by atoms with Gasteiger partial charge in [0.2, 0.25) is 0 Å². The third-order valence-electron chi connectivity index (χ3n) is 8.33. The molecule has 1 saturated heterocycles. The van der Waals surface area contributed by atoms with Crippen molar-refractivity contribution >= 4 is 52.3 Å². The first-order chi connectivity index (χ1) is 19.7. The number of nitrogens with zero attached hydrogens (tertiary/aromatic N) is 3. The van der Waals surface area contributed by atoms with Crippen LogP contribution in [0, 0.1) is 5.41 Å². The Morgan fingerprint density at radius 1 is 1.07 bits per heavy atom. The summed E-state index contributed by atoms with van der Waals surface area (Å²) in [5, 5.41) is 11.5. The van der Waals surface area contributed by atoms with E-state index in [0.29, 0.717) is 16.9 Å². The number of rotatable bonds is 7. The number of ether oxygens (including phenoxy) is 1. The van der Waals surface area contributed by atoms with Gasteiger partial charge in [-0.25, -0.2) is 9.78 Å². The summed E-state index contributed by atoms with van der Waals surface area (Å²) in [5.74, 6) is -0.203. The number of nitrogens with one attached hydrogen (secondary N) is 1. The van der Waals surface area contributed by atoms with Crippen molar-refractivity contribution < 1.29 is 14.6 Å². The third-order valence-corrected chi connectivity index (χ3v) is 8.58. The first-order valence-electron chi connectivity index (χ1n) is 14.2. The van der Waals surface area contributed by atoms with Crippen molar-refractivity contribution in [1.29, 1.82) is 0 Å². The van der Waals surface area contributed by atoms with Crippen LogP contribution in [0.15, 0.2) is 72.6 Å². The molecule has 4 aromatic rings. The second-order valence-electron chi connectivity index (χ2n) is 11.9. The number of hydrogen-bond acceptors (Lipinski definition) is 5. The fourth-order valence-electron chi connectivity index (χ4n) is 5.97. The zero-order chi connectivity index (χ0) is 28.6. The maximum atomic E-state index is 12.0. The number of H-pyrrole nitrogens is 1. The minimum atomic E-state index is -1.02. The van der Waals surface area contributed by atoms with Gasteiger partial charge in [0.15, 0.2) is 0 Å². The summed E-state index contributed by atoms with van der Waals surface area (Å²) in [7, 11) is 0. The van der Waals surface area contributed by atoms with Crippen molar-refractivity contribution in [1.82, 2.24) is 14.9 Å². The molecule has 7 nitrogen and oxygen atoms in total. The van der Waals surface area contributed by atoms with Crippen molar-refractivity contribution in [3.05, 3.63) is 88.7 Å². The van der Waals surface area contributed by atoms with Crippen LogP contribution in [-0.4, -0.2) is 58.7 Å². The molecule has 1 aliphatic carbocycles. The Hall–Kier alpha value is -3.52. The number of aromatic amines is 1. The van der Waals surface area contributed by atoms with Gasteiger partial charge in [-0.3, -0.25) is 4.90 Å². The molecule has 2 aliphatic rings. The smallest absolute Gasteiger partial charge is 0.339 e. The van der Waals surface area contributed by atoms with Crippen LogP contribution in [0.5, 0.6) is 11.5 Å². The van der Waals surface area contributed by atoms with Crippen molar-refractivity contribution in [3.8, 4) is 11.5 Å². The number of hydrogen-bond donors (Lipinski definition) is 2. The van der Waals surface area contributed by atoms with E-state index in [1.54, 1.807) is 12.3 Å². The molecule has 42 heavy (non-hydrogen) atoms. The maximum Gasteiger partial charge on any atom is 0.339 e. The van der Waals surface area contributed by atoms with Gasteiger partial charge in [0.05, 0.1) is 6.20 Å². The second-order valence-corrected chi connectivity index (χ2v) is 12.3. The molecule has 0 radical (unpaired) electrons. The highest BCUT2D eigenvalue weighted by atomic mass is 35.5. The van der Waals surface area contributed by atoms with E-state index in [9.17, 15) is 9.90 Å². The van der Waals surface area contributed by atoms with Gasteiger partial charge in [-0.15, -0.1) is 12.4 Å². The average molecular weight is 608 g/mol. The molecule has 0 unspecified atom stereocenters. The predicted octanol–water partition coefficient (Wildman–Crippen LogP) is 7.91. The van der Waals surface area contributed by atoms with Crippen molar-refractivity contribution in [2.24, 2.45) is 5.41 Å². The number of carboxylic acids is 1.